The van der Waals surface area contributed by atoms with Gasteiger partial charge in [-0.2, -0.15) is 0 Å². The lowest BCUT2D eigenvalue weighted by molar-refractivity contribution is 0.544. The van der Waals surface area contributed by atoms with Gasteiger partial charge >= 0.3 is 0 Å². The fourth-order valence-corrected chi connectivity index (χ4v) is 1.78. The molecule has 0 amide bonds. The van der Waals surface area contributed by atoms with E-state index in [0.717, 1.165) is 21.8 Å². The molecule has 0 radical (unpaired) electrons. The molecule has 2 aromatic heterocycles. The summed E-state index contributed by atoms with van der Waals surface area (Å²) in [6, 6.07) is 7.68. The predicted molar refractivity (Wildman–Crippen MR) is 71.7 cm³/mol. The standard InChI is InChI=1S/C13H14BrN3/c1-13(2,3)12-16-10(8-11(14)17-12)9-6-4-5-7-15-9/h4-8H,1-3H3. The lowest BCUT2D eigenvalue weighted by Crippen LogP contribution is -2.16. The number of pyridine rings is 1. The number of nitrogens with zero attached hydrogens (tertiary/aromatic N) is 3. The Morgan fingerprint density at radius 1 is 1.06 bits per heavy atom. The van der Waals surface area contributed by atoms with Crippen LogP contribution >= 0.6 is 15.9 Å². The minimum atomic E-state index is -0.0761. The van der Waals surface area contributed by atoms with Crippen molar-refractivity contribution < 1.29 is 0 Å². The highest BCUT2D eigenvalue weighted by molar-refractivity contribution is 9.10. The van der Waals surface area contributed by atoms with E-state index in [1.54, 1.807) is 6.20 Å². The van der Waals surface area contributed by atoms with Gasteiger partial charge in [-0.25, -0.2) is 9.97 Å². The number of halogens is 1. The van der Waals surface area contributed by atoms with Gasteiger partial charge in [0.15, 0.2) is 0 Å². The Hall–Kier alpha value is -1.29. The number of rotatable bonds is 1. The molecule has 17 heavy (non-hydrogen) atoms. The van der Waals surface area contributed by atoms with Crippen LogP contribution in [0.3, 0.4) is 0 Å². The van der Waals surface area contributed by atoms with Crippen LogP contribution in [-0.4, -0.2) is 15.0 Å². The average Bonchev–Trinajstić information content (AvgIpc) is 2.28. The van der Waals surface area contributed by atoms with Gasteiger partial charge in [0.25, 0.3) is 0 Å². The summed E-state index contributed by atoms with van der Waals surface area (Å²) in [5.74, 6) is 0.813. The van der Waals surface area contributed by atoms with Crippen molar-refractivity contribution >= 4 is 15.9 Å². The highest BCUT2D eigenvalue weighted by Gasteiger charge is 2.19. The maximum Gasteiger partial charge on any atom is 0.135 e. The predicted octanol–water partition coefficient (Wildman–Crippen LogP) is 3.60. The largest absolute Gasteiger partial charge is 0.255 e. The highest BCUT2D eigenvalue weighted by Crippen LogP contribution is 2.24. The third-order valence-electron chi connectivity index (χ3n) is 2.29. The van der Waals surface area contributed by atoms with Crippen LogP contribution in [-0.2, 0) is 5.41 Å². The van der Waals surface area contributed by atoms with Gasteiger partial charge in [0.2, 0.25) is 0 Å². The van der Waals surface area contributed by atoms with Gasteiger partial charge < -0.3 is 0 Å². The molecule has 2 heterocycles. The van der Waals surface area contributed by atoms with Crippen molar-refractivity contribution in [2.24, 2.45) is 0 Å². The summed E-state index contributed by atoms with van der Waals surface area (Å²) in [6.45, 7) is 6.28. The molecule has 0 aromatic carbocycles. The normalized spacial score (nSPS) is 11.5. The Bertz CT molecular complexity index is 518. The topological polar surface area (TPSA) is 38.7 Å². The van der Waals surface area contributed by atoms with Crippen LogP contribution in [0.15, 0.2) is 35.1 Å². The van der Waals surface area contributed by atoms with Gasteiger partial charge in [-0.05, 0) is 34.1 Å². The van der Waals surface area contributed by atoms with E-state index in [1.165, 1.54) is 0 Å². The van der Waals surface area contributed by atoms with Crippen molar-refractivity contribution in [3.63, 3.8) is 0 Å². The zero-order valence-corrected chi connectivity index (χ0v) is 11.7. The Kier molecular flexibility index (Phi) is 3.24. The average molecular weight is 292 g/mol. The van der Waals surface area contributed by atoms with E-state index >= 15 is 0 Å². The highest BCUT2D eigenvalue weighted by atomic mass is 79.9. The number of hydrogen-bond acceptors (Lipinski definition) is 3. The molecule has 0 unspecified atom stereocenters. The molecule has 3 nitrogen and oxygen atoms in total. The molecule has 2 rings (SSSR count). The molecule has 2 aromatic rings. The van der Waals surface area contributed by atoms with E-state index < -0.39 is 0 Å². The number of hydrogen-bond donors (Lipinski definition) is 0. The molecule has 0 atom stereocenters. The van der Waals surface area contributed by atoms with Crippen LogP contribution in [0.1, 0.15) is 26.6 Å². The maximum absolute atomic E-state index is 4.57. The van der Waals surface area contributed by atoms with Crippen LogP contribution in [0, 0.1) is 0 Å². The second-order valence-electron chi connectivity index (χ2n) is 4.86. The van der Waals surface area contributed by atoms with Crippen LogP contribution in [0.25, 0.3) is 11.4 Å². The Morgan fingerprint density at radius 2 is 1.82 bits per heavy atom. The zero-order valence-electron chi connectivity index (χ0n) is 10.1. The molecule has 0 N–H and O–H groups in total. The van der Waals surface area contributed by atoms with E-state index in [-0.39, 0.29) is 5.41 Å². The summed E-state index contributed by atoms with van der Waals surface area (Å²) in [5.41, 5.74) is 1.63. The van der Waals surface area contributed by atoms with E-state index in [2.05, 4.69) is 51.7 Å². The monoisotopic (exact) mass is 291 g/mol. The minimum absolute atomic E-state index is 0.0761. The van der Waals surface area contributed by atoms with Gasteiger partial charge in [-0.3, -0.25) is 4.98 Å². The maximum atomic E-state index is 4.57. The molecule has 0 aliphatic rings. The van der Waals surface area contributed by atoms with E-state index in [4.69, 9.17) is 0 Å². The molecule has 0 bridgehead atoms. The first-order valence-electron chi connectivity index (χ1n) is 5.43. The second-order valence-corrected chi connectivity index (χ2v) is 5.68. The summed E-state index contributed by atoms with van der Waals surface area (Å²) < 4.78 is 0.790. The minimum Gasteiger partial charge on any atom is -0.255 e. The van der Waals surface area contributed by atoms with Gasteiger partial charge in [0, 0.05) is 11.6 Å². The third-order valence-corrected chi connectivity index (χ3v) is 2.70. The van der Waals surface area contributed by atoms with Gasteiger partial charge in [0.05, 0.1) is 11.4 Å². The SMILES string of the molecule is CC(C)(C)c1nc(Br)cc(-c2ccccn2)n1. The molecule has 0 fully saturated rings. The van der Waals surface area contributed by atoms with Gasteiger partial charge in [-0.15, -0.1) is 0 Å². The van der Waals surface area contributed by atoms with E-state index in [0.29, 0.717) is 0 Å². The fourth-order valence-electron chi connectivity index (χ4n) is 1.40. The Morgan fingerprint density at radius 3 is 2.41 bits per heavy atom. The summed E-state index contributed by atoms with van der Waals surface area (Å²) >= 11 is 3.42. The van der Waals surface area contributed by atoms with Crippen molar-refractivity contribution in [3.8, 4) is 11.4 Å². The summed E-state index contributed by atoms with van der Waals surface area (Å²) in [6.07, 6.45) is 1.77. The number of aromatic nitrogens is 3. The molecule has 0 aliphatic carbocycles. The molecule has 0 spiro atoms. The van der Waals surface area contributed by atoms with Crippen molar-refractivity contribution in [2.45, 2.75) is 26.2 Å². The van der Waals surface area contributed by atoms with Crippen LogP contribution < -0.4 is 0 Å². The lowest BCUT2D eigenvalue weighted by atomic mass is 9.95. The smallest absolute Gasteiger partial charge is 0.135 e. The van der Waals surface area contributed by atoms with Crippen molar-refractivity contribution in [3.05, 3.63) is 40.9 Å². The van der Waals surface area contributed by atoms with Crippen molar-refractivity contribution in [2.75, 3.05) is 0 Å². The molecular formula is C13H14BrN3. The van der Waals surface area contributed by atoms with Crippen molar-refractivity contribution in [1.82, 2.24) is 15.0 Å². The first kappa shape index (κ1) is 12.2. The molecule has 0 saturated heterocycles. The van der Waals surface area contributed by atoms with E-state index in [1.807, 2.05) is 24.3 Å². The summed E-state index contributed by atoms with van der Waals surface area (Å²) in [7, 11) is 0. The first-order chi connectivity index (χ1) is 7.97. The third kappa shape index (κ3) is 2.88. The second kappa shape index (κ2) is 4.53. The molecular weight excluding hydrogens is 278 g/mol. The van der Waals surface area contributed by atoms with Crippen LogP contribution in [0.2, 0.25) is 0 Å². The van der Waals surface area contributed by atoms with Gasteiger partial charge in [0.1, 0.15) is 10.4 Å². The molecule has 88 valence electrons. The first-order valence-corrected chi connectivity index (χ1v) is 6.22. The van der Waals surface area contributed by atoms with E-state index in [9.17, 15) is 0 Å². The van der Waals surface area contributed by atoms with Crippen LogP contribution in [0.5, 0.6) is 0 Å². The summed E-state index contributed by atoms with van der Waals surface area (Å²) in [5, 5.41) is 0. The molecule has 0 aliphatic heterocycles. The summed E-state index contributed by atoms with van der Waals surface area (Å²) in [4.78, 5) is 13.3. The van der Waals surface area contributed by atoms with Crippen LogP contribution in [0.4, 0.5) is 0 Å². The fraction of sp³-hybridized carbons (Fsp3) is 0.308. The molecule has 4 heteroatoms. The zero-order chi connectivity index (χ0) is 12.5. The van der Waals surface area contributed by atoms with Gasteiger partial charge in [-0.1, -0.05) is 26.8 Å². The van der Waals surface area contributed by atoms with Crippen molar-refractivity contribution in [1.29, 1.82) is 0 Å². The Labute approximate surface area is 109 Å². The Balaban J connectivity index is 2.54. The molecule has 0 saturated carbocycles. The lowest BCUT2D eigenvalue weighted by Gasteiger charge is -2.17. The quantitative estimate of drug-likeness (QED) is 0.754.